The fourth-order valence-corrected chi connectivity index (χ4v) is 1.56. The van der Waals surface area contributed by atoms with E-state index in [4.69, 9.17) is 15.2 Å². The molecule has 7 heteroatoms. The van der Waals surface area contributed by atoms with Crippen molar-refractivity contribution >= 4 is 17.6 Å². The molecule has 2 rings (SSSR count). The highest BCUT2D eigenvalue weighted by Gasteiger charge is 2.07. The van der Waals surface area contributed by atoms with Gasteiger partial charge in [-0.3, -0.25) is 0 Å². The van der Waals surface area contributed by atoms with Crippen LogP contribution >= 0.6 is 0 Å². The lowest BCUT2D eigenvalue weighted by atomic mass is 10.2. The highest BCUT2D eigenvalue weighted by molar-refractivity contribution is 5.58. The standard InChI is InChI=1S/C12H15N5O2/c1-18-7-8-5-3-4-6-9(8)14-11-15-10(13)16-12(17-11)19-2/h3-6H,7H2,1-2H3,(H3,13,14,15,16,17). The predicted molar refractivity (Wildman–Crippen MR) is 71.2 cm³/mol. The predicted octanol–water partition coefficient (Wildman–Crippen LogP) is 1.35. The van der Waals surface area contributed by atoms with Crippen molar-refractivity contribution in [2.45, 2.75) is 6.61 Å². The van der Waals surface area contributed by atoms with E-state index in [0.29, 0.717) is 12.6 Å². The van der Waals surface area contributed by atoms with Crippen molar-refractivity contribution in [1.82, 2.24) is 15.0 Å². The van der Waals surface area contributed by atoms with Crippen molar-refractivity contribution in [2.24, 2.45) is 0 Å². The van der Waals surface area contributed by atoms with E-state index in [1.807, 2.05) is 24.3 Å². The van der Waals surface area contributed by atoms with Gasteiger partial charge in [0, 0.05) is 18.4 Å². The molecule has 19 heavy (non-hydrogen) atoms. The Morgan fingerprint density at radius 2 is 1.95 bits per heavy atom. The summed E-state index contributed by atoms with van der Waals surface area (Å²) >= 11 is 0. The molecule has 100 valence electrons. The molecule has 1 aromatic carbocycles. The summed E-state index contributed by atoms with van der Waals surface area (Å²) in [5.41, 5.74) is 7.41. The summed E-state index contributed by atoms with van der Waals surface area (Å²) in [5.74, 6) is 0.423. The first kappa shape index (κ1) is 13.0. The Morgan fingerprint density at radius 1 is 1.16 bits per heavy atom. The zero-order valence-electron chi connectivity index (χ0n) is 10.8. The highest BCUT2D eigenvalue weighted by atomic mass is 16.5. The number of nitrogens with zero attached hydrogens (tertiary/aromatic N) is 3. The number of hydrogen-bond donors (Lipinski definition) is 2. The molecule has 1 heterocycles. The number of aromatic nitrogens is 3. The maximum atomic E-state index is 5.58. The number of methoxy groups -OCH3 is 2. The third-order valence-corrected chi connectivity index (χ3v) is 2.38. The Balaban J connectivity index is 2.28. The van der Waals surface area contributed by atoms with Crippen LogP contribution in [0.3, 0.4) is 0 Å². The second kappa shape index (κ2) is 5.96. The lowest BCUT2D eigenvalue weighted by Crippen LogP contribution is -2.06. The monoisotopic (exact) mass is 261 g/mol. The highest BCUT2D eigenvalue weighted by Crippen LogP contribution is 2.20. The second-order valence-electron chi connectivity index (χ2n) is 3.72. The van der Waals surface area contributed by atoms with Crippen LogP contribution in [0.4, 0.5) is 17.6 Å². The number of anilines is 3. The number of nitrogens with two attached hydrogens (primary N) is 1. The van der Waals surface area contributed by atoms with Gasteiger partial charge >= 0.3 is 6.01 Å². The van der Waals surface area contributed by atoms with Gasteiger partial charge in [-0.05, 0) is 6.07 Å². The molecule has 0 radical (unpaired) electrons. The van der Waals surface area contributed by atoms with Gasteiger partial charge in [-0.1, -0.05) is 18.2 Å². The molecule has 0 unspecified atom stereocenters. The molecular weight excluding hydrogens is 246 g/mol. The summed E-state index contributed by atoms with van der Waals surface area (Å²) in [6.07, 6.45) is 0. The Morgan fingerprint density at radius 3 is 2.68 bits per heavy atom. The maximum absolute atomic E-state index is 5.58. The normalized spacial score (nSPS) is 10.2. The molecule has 0 atom stereocenters. The number of benzene rings is 1. The van der Waals surface area contributed by atoms with E-state index in [-0.39, 0.29) is 12.0 Å². The number of para-hydroxylation sites is 1. The topological polar surface area (TPSA) is 95.2 Å². The molecule has 0 aliphatic carbocycles. The van der Waals surface area contributed by atoms with Gasteiger partial charge in [0.15, 0.2) is 0 Å². The largest absolute Gasteiger partial charge is 0.467 e. The summed E-state index contributed by atoms with van der Waals surface area (Å²) in [5, 5.41) is 3.07. The minimum Gasteiger partial charge on any atom is -0.467 e. The van der Waals surface area contributed by atoms with Gasteiger partial charge in [-0.25, -0.2) is 0 Å². The minimum atomic E-state index is 0.0959. The summed E-state index contributed by atoms with van der Waals surface area (Å²) in [6.45, 7) is 0.487. The fraction of sp³-hybridized carbons (Fsp3) is 0.250. The average molecular weight is 261 g/mol. The lowest BCUT2D eigenvalue weighted by Gasteiger charge is -2.10. The van der Waals surface area contributed by atoms with E-state index in [1.165, 1.54) is 7.11 Å². The molecule has 1 aromatic heterocycles. The van der Waals surface area contributed by atoms with Crippen LogP contribution in [-0.2, 0) is 11.3 Å². The van der Waals surface area contributed by atoms with E-state index in [0.717, 1.165) is 11.3 Å². The molecule has 0 amide bonds. The van der Waals surface area contributed by atoms with Crippen LogP contribution < -0.4 is 15.8 Å². The van der Waals surface area contributed by atoms with Crippen LogP contribution in [0.25, 0.3) is 0 Å². The van der Waals surface area contributed by atoms with E-state index in [2.05, 4.69) is 20.3 Å². The number of nitrogen functional groups attached to an aromatic ring is 1. The Bertz CT molecular complexity index is 562. The quantitative estimate of drug-likeness (QED) is 0.838. The number of ether oxygens (including phenoxy) is 2. The smallest absolute Gasteiger partial charge is 0.322 e. The second-order valence-corrected chi connectivity index (χ2v) is 3.72. The maximum Gasteiger partial charge on any atom is 0.322 e. The van der Waals surface area contributed by atoms with Crippen LogP contribution in [0.15, 0.2) is 24.3 Å². The Hall–Kier alpha value is -2.41. The Kier molecular flexibility index (Phi) is 4.09. The molecule has 3 N–H and O–H groups in total. The lowest BCUT2D eigenvalue weighted by molar-refractivity contribution is 0.185. The first-order chi connectivity index (χ1) is 9.22. The zero-order valence-corrected chi connectivity index (χ0v) is 10.8. The van der Waals surface area contributed by atoms with Crippen LogP contribution in [0.1, 0.15) is 5.56 Å². The van der Waals surface area contributed by atoms with Gasteiger partial charge in [0.25, 0.3) is 0 Å². The van der Waals surface area contributed by atoms with Crippen molar-refractivity contribution < 1.29 is 9.47 Å². The molecule has 0 bridgehead atoms. The summed E-state index contributed by atoms with van der Waals surface area (Å²) in [4.78, 5) is 11.9. The van der Waals surface area contributed by atoms with Crippen LogP contribution in [0, 0.1) is 0 Å². The van der Waals surface area contributed by atoms with Crippen molar-refractivity contribution in [3.8, 4) is 6.01 Å². The molecule has 0 aliphatic heterocycles. The van der Waals surface area contributed by atoms with E-state index in [1.54, 1.807) is 7.11 Å². The molecular formula is C12H15N5O2. The minimum absolute atomic E-state index is 0.0959. The Labute approximate surface area is 110 Å². The molecule has 0 saturated carbocycles. The van der Waals surface area contributed by atoms with Gasteiger partial charge in [-0.15, -0.1) is 0 Å². The number of rotatable bonds is 5. The zero-order chi connectivity index (χ0) is 13.7. The van der Waals surface area contributed by atoms with Gasteiger partial charge in [0.05, 0.1) is 13.7 Å². The van der Waals surface area contributed by atoms with E-state index < -0.39 is 0 Å². The van der Waals surface area contributed by atoms with Gasteiger partial charge in [0.1, 0.15) is 0 Å². The molecule has 0 saturated heterocycles. The number of hydrogen-bond acceptors (Lipinski definition) is 7. The van der Waals surface area contributed by atoms with Crippen LogP contribution in [0.2, 0.25) is 0 Å². The molecule has 0 fully saturated rings. The van der Waals surface area contributed by atoms with E-state index in [9.17, 15) is 0 Å². The SMILES string of the molecule is COCc1ccccc1Nc1nc(N)nc(OC)n1. The fourth-order valence-electron chi connectivity index (χ4n) is 1.56. The molecule has 0 spiro atoms. The molecule has 7 nitrogen and oxygen atoms in total. The number of nitrogens with one attached hydrogen (secondary N) is 1. The summed E-state index contributed by atoms with van der Waals surface area (Å²) in [7, 11) is 3.11. The van der Waals surface area contributed by atoms with Crippen molar-refractivity contribution in [2.75, 3.05) is 25.3 Å². The van der Waals surface area contributed by atoms with Crippen molar-refractivity contribution in [3.05, 3.63) is 29.8 Å². The molecule has 2 aromatic rings. The van der Waals surface area contributed by atoms with Crippen LogP contribution in [-0.4, -0.2) is 29.2 Å². The first-order valence-electron chi connectivity index (χ1n) is 5.62. The molecule has 0 aliphatic rings. The van der Waals surface area contributed by atoms with Gasteiger partial charge in [-0.2, -0.15) is 15.0 Å². The van der Waals surface area contributed by atoms with Crippen molar-refractivity contribution in [3.63, 3.8) is 0 Å². The van der Waals surface area contributed by atoms with Gasteiger partial charge < -0.3 is 20.5 Å². The summed E-state index contributed by atoms with van der Waals surface area (Å²) in [6, 6.07) is 7.86. The summed E-state index contributed by atoms with van der Waals surface area (Å²) < 4.78 is 10.1. The third kappa shape index (κ3) is 3.29. The van der Waals surface area contributed by atoms with Gasteiger partial charge in [0.2, 0.25) is 11.9 Å². The first-order valence-corrected chi connectivity index (χ1v) is 5.62. The third-order valence-electron chi connectivity index (χ3n) is 2.38. The average Bonchev–Trinajstić information content (AvgIpc) is 2.40. The van der Waals surface area contributed by atoms with E-state index >= 15 is 0 Å². The van der Waals surface area contributed by atoms with Crippen molar-refractivity contribution in [1.29, 1.82) is 0 Å². The van der Waals surface area contributed by atoms with Crippen LogP contribution in [0.5, 0.6) is 6.01 Å².